The van der Waals surface area contributed by atoms with Crippen LogP contribution in [0.3, 0.4) is 0 Å². The lowest BCUT2D eigenvalue weighted by atomic mass is 9.93. The molecule has 0 aliphatic carbocycles. The summed E-state index contributed by atoms with van der Waals surface area (Å²) in [6, 6.07) is 0. The molecule has 0 amide bonds. The molecule has 0 radical (unpaired) electrons. The van der Waals surface area contributed by atoms with Gasteiger partial charge in [0, 0.05) is 0 Å². The maximum atomic E-state index is 12.2. The largest absolute Gasteiger partial charge is 0.463 e. The zero-order chi connectivity index (χ0) is 22.7. The number of carbonyl (C=O) groups excluding carboxylic acids is 2. The highest BCUT2D eigenvalue weighted by Gasteiger charge is 2.48. The fourth-order valence-corrected chi connectivity index (χ4v) is 3.50. The van der Waals surface area contributed by atoms with Gasteiger partial charge < -0.3 is 14.6 Å². The highest BCUT2D eigenvalue weighted by atomic mass is 16.6. The normalized spacial score (nSPS) is 12.1. The molecule has 0 aromatic heterocycles. The average molecular weight is 427 g/mol. The Labute approximate surface area is 184 Å². The van der Waals surface area contributed by atoms with E-state index >= 15 is 0 Å². The van der Waals surface area contributed by atoms with Crippen LogP contribution in [0.5, 0.6) is 0 Å². The van der Waals surface area contributed by atoms with Gasteiger partial charge in [-0.25, -0.2) is 9.59 Å². The van der Waals surface area contributed by atoms with Crippen LogP contribution in [0, 0.1) is 0 Å². The van der Waals surface area contributed by atoms with E-state index in [1.165, 1.54) is 70.6 Å². The molecule has 5 nitrogen and oxygen atoms in total. The molecule has 176 valence electrons. The molecule has 0 atom stereocenters. The van der Waals surface area contributed by atoms with E-state index in [4.69, 9.17) is 9.47 Å². The van der Waals surface area contributed by atoms with Gasteiger partial charge in [0.15, 0.2) is 0 Å². The molecule has 0 bridgehead atoms. The van der Waals surface area contributed by atoms with E-state index in [0.29, 0.717) is 6.42 Å². The summed E-state index contributed by atoms with van der Waals surface area (Å²) in [5, 5.41) is 10.7. The van der Waals surface area contributed by atoms with Crippen molar-refractivity contribution in [3.63, 3.8) is 0 Å². The van der Waals surface area contributed by atoms with Crippen molar-refractivity contribution in [1.29, 1.82) is 0 Å². The van der Waals surface area contributed by atoms with Crippen LogP contribution in [0.15, 0.2) is 11.6 Å². The van der Waals surface area contributed by atoms with Crippen molar-refractivity contribution in [3.05, 3.63) is 11.6 Å². The summed E-state index contributed by atoms with van der Waals surface area (Å²) >= 11 is 0. The molecule has 0 spiro atoms. The van der Waals surface area contributed by atoms with Gasteiger partial charge in [0.1, 0.15) is 0 Å². The Morgan fingerprint density at radius 2 is 1.07 bits per heavy atom. The third kappa shape index (κ3) is 11.7. The van der Waals surface area contributed by atoms with Gasteiger partial charge in [0.25, 0.3) is 5.60 Å². The van der Waals surface area contributed by atoms with Gasteiger partial charge in [-0.2, -0.15) is 0 Å². The highest BCUT2D eigenvalue weighted by molar-refractivity contribution is 6.06. The first-order valence-corrected chi connectivity index (χ1v) is 12.2. The van der Waals surface area contributed by atoms with E-state index in [-0.39, 0.29) is 18.8 Å². The molecule has 0 fully saturated rings. The molecule has 0 aliphatic heterocycles. The van der Waals surface area contributed by atoms with E-state index in [2.05, 4.69) is 6.92 Å². The van der Waals surface area contributed by atoms with E-state index in [9.17, 15) is 14.7 Å². The Kier molecular flexibility index (Phi) is 17.6. The van der Waals surface area contributed by atoms with E-state index < -0.39 is 17.5 Å². The number of hydrogen-bond acceptors (Lipinski definition) is 5. The predicted octanol–water partition coefficient (Wildman–Crippen LogP) is 6.27. The second-order valence-electron chi connectivity index (χ2n) is 8.07. The van der Waals surface area contributed by atoms with Crippen molar-refractivity contribution in [2.45, 2.75) is 123 Å². The number of aliphatic hydroxyl groups is 1. The maximum Gasteiger partial charge on any atom is 0.354 e. The van der Waals surface area contributed by atoms with Gasteiger partial charge in [-0.3, -0.25) is 0 Å². The predicted molar refractivity (Wildman–Crippen MR) is 122 cm³/mol. The van der Waals surface area contributed by atoms with Gasteiger partial charge in [-0.15, -0.1) is 0 Å². The van der Waals surface area contributed by atoms with E-state index in [0.717, 1.165) is 12.8 Å². The number of esters is 2. The van der Waals surface area contributed by atoms with Gasteiger partial charge >= 0.3 is 11.9 Å². The first-order valence-electron chi connectivity index (χ1n) is 12.2. The lowest BCUT2D eigenvalue weighted by Crippen LogP contribution is -2.50. The first kappa shape index (κ1) is 28.6. The molecule has 1 N–H and O–H groups in total. The summed E-state index contributed by atoms with van der Waals surface area (Å²) in [6.07, 6.45) is 19.2. The van der Waals surface area contributed by atoms with Crippen LogP contribution in [-0.2, 0) is 19.1 Å². The number of ether oxygens (including phenoxy) is 2. The van der Waals surface area contributed by atoms with E-state index in [1.807, 2.05) is 0 Å². The van der Waals surface area contributed by atoms with Crippen molar-refractivity contribution < 1.29 is 24.2 Å². The zero-order valence-corrected chi connectivity index (χ0v) is 20.0. The quantitative estimate of drug-likeness (QED) is 0.114. The van der Waals surface area contributed by atoms with Crippen molar-refractivity contribution >= 4 is 11.9 Å². The van der Waals surface area contributed by atoms with Crippen LogP contribution in [0.25, 0.3) is 0 Å². The number of hydrogen-bond donors (Lipinski definition) is 1. The third-order valence-corrected chi connectivity index (χ3v) is 5.47. The number of carbonyl (C=O) groups is 2. The molecule has 0 aromatic rings. The van der Waals surface area contributed by atoms with Crippen LogP contribution in [-0.4, -0.2) is 35.9 Å². The lowest BCUT2D eigenvalue weighted by Gasteiger charge is -2.24. The lowest BCUT2D eigenvalue weighted by molar-refractivity contribution is -0.178. The fraction of sp³-hybridized carbons (Fsp3) is 0.840. The van der Waals surface area contributed by atoms with Crippen molar-refractivity contribution in [2.24, 2.45) is 0 Å². The highest BCUT2D eigenvalue weighted by Crippen LogP contribution is 2.22. The average Bonchev–Trinajstić information content (AvgIpc) is 2.73. The minimum atomic E-state index is -2.34. The number of rotatable bonds is 19. The molecule has 0 heterocycles. The Bertz CT molecular complexity index is 466. The summed E-state index contributed by atoms with van der Waals surface area (Å²) in [5.41, 5.74) is -2.07. The second-order valence-corrected chi connectivity index (χ2v) is 8.07. The Hall–Kier alpha value is -1.36. The van der Waals surface area contributed by atoms with Crippen LogP contribution in [0.4, 0.5) is 0 Å². The van der Waals surface area contributed by atoms with Crippen LogP contribution in [0.1, 0.15) is 118 Å². The Balaban J connectivity index is 4.06. The molecule has 30 heavy (non-hydrogen) atoms. The number of unbranched alkanes of at least 4 members (excludes halogenated alkanes) is 13. The van der Waals surface area contributed by atoms with Crippen molar-refractivity contribution in [3.8, 4) is 0 Å². The zero-order valence-electron chi connectivity index (χ0n) is 20.0. The maximum absolute atomic E-state index is 12.2. The summed E-state index contributed by atoms with van der Waals surface area (Å²) in [5.74, 6) is -1.94. The van der Waals surface area contributed by atoms with Crippen LogP contribution in [0.2, 0.25) is 0 Å². The van der Waals surface area contributed by atoms with Crippen molar-refractivity contribution in [1.82, 2.24) is 0 Å². The molecule has 0 saturated carbocycles. The van der Waals surface area contributed by atoms with Gasteiger partial charge in [-0.05, 0) is 39.2 Å². The van der Waals surface area contributed by atoms with Gasteiger partial charge in [-0.1, -0.05) is 90.0 Å². The molecular formula is C25H46O5. The molecule has 0 aliphatic rings. The summed E-state index contributed by atoms with van der Waals surface area (Å²) < 4.78 is 9.78. The SMILES string of the molecule is CCCCCCCCCCCCCCCC=C(C)C(O)(C(=O)OCC)C(=O)OCC. The van der Waals surface area contributed by atoms with Crippen LogP contribution >= 0.6 is 0 Å². The topological polar surface area (TPSA) is 72.8 Å². The van der Waals surface area contributed by atoms with Gasteiger partial charge in [0.05, 0.1) is 13.2 Å². The Morgan fingerprint density at radius 1 is 0.700 bits per heavy atom. The summed E-state index contributed by atoms with van der Waals surface area (Å²) in [6.45, 7) is 7.28. The van der Waals surface area contributed by atoms with E-state index in [1.54, 1.807) is 26.8 Å². The molecule has 0 unspecified atom stereocenters. The standard InChI is InChI=1S/C25H46O5/c1-5-8-9-10-11-12-13-14-15-16-17-18-19-20-21-22(4)25(28,23(26)29-6-2)24(27)30-7-3/h21,28H,5-20H2,1-4H3. The van der Waals surface area contributed by atoms with Crippen LogP contribution < -0.4 is 0 Å². The molecule has 0 saturated heterocycles. The minimum Gasteiger partial charge on any atom is -0.463 e. The monoisotopic (exact) mass is 426 g/mol. The van der Waals surface area contributed by atoms with Gasteiger partial charge in [0.2, 0.25) is 0 Å². The fourth-order valence-electron chi connectivity index (χ4n) is 3.50. The molecule has 0 rings (SSSR count). The third-order valence-electron chi connectivity index (χ3n) is 5.47. The van der Waals surface area contributed by atoms with Crippen molar-refractivity contribution in [2.75, 3.05) is 13.2 Å². The second kappa shape index (κ2) is 18.4. The first-order chi connectivity index (χ1) is 14.4. The molecule has 0 aromatic carbocycles. The molecular weight excluding hydrogens is 380 g/mol. The Morgan fingerprint density at radius 3 is 1.43 bits per heavy atom. The minimum absolute atomic E-state index is 0.0900. The number of allylic oxidation sites excluding steroid dienone is 1. The summed E-state index contributed by atoms with van der Waals surface area (Å²) in [7, 11) is 0. The summed E-state index contributed by atoms with van der Waals surface area (Å²) in [4.78, 5) is 24.3. The molecule has 5 heteroatoms. The smallest absolute Gasteiger partial charge is 0.354 e.